The van der Waals surface area contributed by atoms with E-state index in [1.165, 1.54) is 0 Å². The molecule has 0 bridgehead atoms. The van der Waals surface area contributed by atoms with Crippen LogP contribution in [0.5, 0.6) is 0 Å². The molecule has 0 saturated heterocycles. The fraction of sp³-hybridized carbons (Fsp3) is 0.600. The summed E-state index contributed by atoms with van der Waals surface area (Å²) in [6, 6.07) is 0. The second kappa shape index (κ2) is 3.12. The summed E-state index contributed by atoms with van der Waals surface area (Å²) in [7, 11) is 0. The van der Waals surface area contributed by atoms with E-state index in [1.54, 1.807) is 0 Å². The molecule has 0 aromatic carbocycles. The Labute approximate surface area is 68.4 Å². The molecule has 1 atom stereocenters. The van der Waals surface area contributed by atoms with Crippen LogP contribution in [0.15, 0.2) is 23.5 Å². The topological polar surface area (TPSA) is 20.2 Å². The molecule has 0 saturated carbocycles. The molecule has 0 fully saturated rings. The average Bonchev–Trinajstić information content (AvgIpc) is 1.85. The molecule has 0 aromatic heterocycles. The molecule has 1 N–H and O–H groups in total. The summed E-state index contributed by atoms with van der Waals surface area (Å²) in [6.07, 6.45) is 5.02. The number of hydrogen-bond acceptors (Lipinski definition) is 1. The van der Waals surface area contributed by atoms with Crippen LogP contribution in [0.25, 0.3) is 0 Å². The van der Waals surface area contributed by atoms with Crippen molar-refractivity contribution in [2.75, 3.05) is 0 Å². The summed E-state index contributed by atoms with van der Waals surface area (Å²) in [4.78, 5) is 0. The Morgan fingerprint density at radius 1 is 1.55 bits per heavy atom. The zero-order valence-electron chi connectivity index (χ0n) is 7.46. The lowest BCUT2D eigenvalue weighted by atomic mass is 9.91. The maximum absolute atomic E-state index is 9.54. The minimum absolute atomic E-state index is 0.443. The van der Waals surface area contributed by atoms with Gasteiger partial charge >= 0.3 is 0 Å². The molecule has 0 unspecified atom stereocenters. The molecular formula is C10H16O. The standard InChI is InChI=1S/C10H16O/c1-7(2)9-5-4-8(3)6-10(9)11/h4-5,7-8,11H,6H2,1-3H3/t8-/m1/s1. The predicted octanol–water partition coefficient (Wildman–Crippen LogP) is 3.05. The third-order valence-electron chi connectivity index (χ3n) is 2.07. The number of hydrogen-bond donors (Lipinski definition) is 1. The first kappa shape index (κ1) is 8.38. The highest BCUT2D eigenvalue weighted by molar-refractivity contribution is 5.28. The molecule has 0 aliphatic heterocycles. The third-order valence-corrected chi connectivity index (χ3v) is 2.07. The van der Waals surface area contributed by atoms with Crippen LogP contribution in [0, 0.1) is 11.8 Å². The van der Waals surface area contributed by atoms with E-state index in [4.69, 9.17) is 0 Å². The van der Waals surface area contributed by atoms with Crippen LogP contribution < -0.4 is 0 Å². The first-order valence-corrected chi connectivity index (χ1v) is 4.21. The van der Waals surface area contributed by atoms with E-state index in [0.717, 1.165) is 12.0 Å². The molecule has 0 spiro atoms. The Balaban J connectivity index is 2.80. The van der Waals surface area contributed by atoms with E-state index in [0.29, 0.717) is 17.6 Å². The Hall–Kier alpha value is -0.720. The van der Waals surface area contributed by atoms with Gasteiger partial charge in [-0.25, -0.2) is 0 Å². The van der Waals surface area contributed by atoms with Crippen LogP contribution in [0.2, 0.25) is 0 Å². The van der Waals surface area contributed by atoms with Gasteiger partial charge in [0.15, 0.2) is 0 Å². The van der Waals surface area contributed by atoms with Gasteiger partial charge in [0.2, 0.25) is 0 Å². The fourth-order valence-corrected chi connectivity index (χ4v) is 1.38. The molecule has 0 aromatic rings. The quantitative estimate of drug-likeness (QED) is 0.612. The maximum atomic E-state index is 9.54. The van der Waals surface area contributed by atoms with Crippen molar-refractivity contribution in [2.24, 2.45) is 11.8 Å². The normalized spacial score (nSPS) is 24.9. The van der Waals surface area contributed by atoms with Crippen molar-refractivity contribution in [3.05, 3.63) is 23.5 Å². The molecule has 1 aliphatic rings. The Morgan fingerprint density at radius 2 is 2.18 bits per heavy atom. The predicted molar refractivity (Wildman–Crippen MR) is 47.4 cm³/mol. The van der Waals surface area contributed by atoms with Crippen LogP contribution in [0.1, 0.15) is 27.2 Å². The van der Waals surface area contributed by atoms with Gasteiger partial charge in [-0.1, -0.05) is 32.9 Å². The minimum atomic E-state index is 0.443. The summed E-state index contributed by atoms with van der Waals surface area (Å²) < 4.78 is 0. The molecule has 1 rings (SSSR count). The van der Waals surface area contributed by atoms with Crippen LogP contribution in [-0.4, -0.2) is 5.11 Å². The van der Waals surface area contributed by atoms with Gasteiger partial charge in [-0.3, -0.25) is 0 Å². The van der Waals surface area contributed by atoms with Crippen LogP contribution in [0.3, 0.4) is 0 Å². The summed E-state index contributed by atoms with van der Waals surface area (Å²) in [5, 5.41) is 9.54. The Kier molecular flexibility index (Phi) is 2.38. The van der Waals surface area contributed by atoms with Gasteiger partial charge in [0.05, 0.1) is 5.76 Å². The molecule has 62 valence electrons. The molecule has 11 heavy (non-hydrogen) atoms. The average molecular weight is 152 g/mol. The van der Waals surface area contributed by atoms with E-state index < -0.39 is 0 Å². The van der Waals surface area contributed by atoms with Gasteiger partial charge in [0, 0.05) is 6.42 Å². The van der Waals surface area contributed by atoms with Crippen molar-refractivity contribution >= 4 is 0 Å². The van der Waals surface area contributed by atoms with E-state index in [2.05, 4.69) is 26.8 Å². The first-order chi connectivity index (χ1) is 5.11. The van der Waals surface area contributed by atoms with Crippen molar-refractivity contribution in [1.82, 2.24) is 0 Å². The van der Waals surface area contributed by atoms with Crippen LogP contribution in [-0.2, 0) is 0 Å². The molecule has 0 radical (unpaired) electrons. The maximum Gasteiger partial charge on any atom is 0.0962 e. The van der Waals surface area contributed by atoms with E-state index in [1.807, 2.05) is 6.08 Å². The third kappa shape index (κ3) is 1.86. The van der Waals surface area contributed by atoms with Gasteiger partial charge in [0.25, 0.3) is 0 Å². The van der Waals surface area contributed by atoms with Gasteiger partial charge in [-0.15, -0.1) is 0 Å². The summed E-state index contributed by atoms with van der Waals surface area (Å²) in [5.74, 6) is 1.52. The molecule has 1 nitrogen and oxygen atoms in total. The smallest absolute Gasteiger partial charge is 0.0962 e. The van der Waals surface area contributed by atoms with Gasteiger partial charge in [-0.05, 0) is 17.4 Å². The zero-order valence-corrected chi connectivity index (χ0v) is 7.46. The number of aliphatic hydroxyl groups excluding tert-OH is 1. The summed E-state index contributed by atoms with van der Waals surface area (Å²) >= 11 is 0. The number of rotatable bonds is 1. The van der Waals surface area contributed by atoms with Crippen molar-refractivity contribution in [3.8, 4) is 0 Å². The second-order valence-electron chi connectivity index (χ2n) is 3.60. The van der Waals surface area contributed by atoms with Gasteiger partial charge in [-0.2, -0.15) is 0 Å². The number of aliphatic hydroxyl groups is 1. The molecular weight excluding hydrogens is 136 g/mol. The van der Waals surface area contributed by atoms with E-state index in [-0.39, 0.29) is 0 Å². The van der Waals surface area contributed by atoms with Crippen LogP contribution >= 0.6 is 0 Å². The van der Waals surface area contributed by atoms with Gasteiger partial charge in [0.1, 0.15) is 0 Å². The van der Waals surface area contributed by atoms with Gasteiger partial charge < -0.3 is 5.11 Å². The zero-order chi connectivity index (χ0) is 8.43. The molecule has 1 heteroatoms. The lowest BCUT2D eigenvalue weighted by Crippen LogP contribution is -2.05. The summed E-state index contributed by atoms with van der Waals surface area (Å²) in [5.41, 5.74) is 1.10. The van der Waals surface area contributed by atoms with Crippen molar-refractivity contribution in [2.45, 2.75) is 27.2 Å². The van der Waals surface area contributed by atoms with Crippen LogP contribution in [0.4, 0.5) is 0 Å². The molecule has 0 amide bonds. The highest BCUT2D eigenvalue weighted by atomic mass is 16.3. The lowest BCUT2D eigenvalue weighted by Gasteiger charge is -2.17. The monoisotopic (exact) mass is 152 g/mol. The Bertz CT molecular complexity index is 199. The fourth-order valence-electron chi connectivity index (χ4n) is 1.38. The molecule has 0 heterocycles. The highest BCUT2D eigenvalue weighted by Gasteiger charge is 2.13. The molecule has 1 aliphatic carbocycles. The number of allylic oxidation sites excluding steroid dienone is 4. The SMILES string of the molecule is CC(C)C1=C(O)C[C@H](C)C=C1. The van der Waals surface area contributed by atoms with Crippen molar-refractivity contribution in [3.63, 3.8) is 0 Å². The van der Waals surface area contributed by atoms with Crippen molar-refractivity contribution < 1.29 is 5.11 Å². The second-order valence-corrected chi connectivity index (χ2v) is 3.60. The van der Waals surface area contributed by atoms with E-state index in [9.17, 15) is 5.11 Å². The van der Waals surface area contributed by atoms with E-state index >= 15 is 0 Å². The lowest BCUT2D eigenvalue weighted by molar-refractivity contribution is 0.356. The van der Waals surface area contributed by atoms with Crippen molar-refractivity contribution in [1.29, 1.82) is 0 Å². The Morgan fingerprint density at radius 3 is 2.64 bits per heavy atom. The highest BCUT2D eigenvalue weighted by Crippen LogP contribution is 2.25. The largest absolute Gasteiger partial charge is 0.512 e. The minimum Gasteiger partial charge on any atom is -0.512 e. The first-order valence-electron chi connectivity index (χ1n) is 4.21. The summed E-state index contributed by atoms with van der Waals surface area (Å²) in [6.45, 7) is 6.32.